The van der Waals surface area contributed by atoms with E-state index in [0.29, 0.717) is 6.54 Å². The number of hydrogen-bond acceptors (Lipinski definition) is 6. The Bertz CT molecular complexity index is 1030. The Morgan fingerprint density at radius 1 is 1.17 bits per heavy atom. The van der Waals surface area contributed by atoms with E-state index < -0.39 is 0 Å². The number of nitrogens with zero attached hydrogens (tertiary/aromatic N) is 4. The lowest BCUT2D eigenvalue weighted by Crippen LogP contribution is -2.39. The highest BCUT2D eigenvalue weighted by atomic mass is 16.5. The van der Waals surface area contributed by atoms with Crippen molar-refractivity contribution in [2.24, 2.45) is 5.92 Å². The molecule has 0 radical (unpaired) electrons. The van der Waals surface area contributed by atoms with Crippen molar-refractivity contribution < 1.29 is 9.53 Å². The van der Waals surface area contributed by atoms with E-state index in [4.69, 9.17) is 4.74 Å². The number of carbonyl (C=O) groups excluding carboxylic acids is 1. The third-order valence-corrected chi connectivity index (χ3v) is 5.57. The largest absolute Gasteiger partial charge is 0.469 e. The molecule has 0 bridgehead atoms. The minimum absolute atomic E-state index is 0.122. The maximum absolute atomic E-state index is 12.1. The molecule has 1 unspecified atom stereocenters. The molecule has 4 rings (SSSR count). The van der Waals surface area contributed by atoms with Gasteiger partial charge in [-0.05, 0) is 42.2 Å². The summed E-state index contributed by atoms with van der Waals surface area (Å²) in [6, 6.07) is 14.6. The SMILES string of the molecule is COC(=O)C1CCCN(c2ncnc3cccc(-c4cccc(N(C)C)c4)c23)C1. The number of esters is 1. The first-order valence-corrected chi connectivity index (χ1v) is 9.92. The van der Waals surface area contributed by atoms with Crippen LogP contribution in [-0.4, -0.2) is 50.2 Å². The quantitative estimate of drug-likeness (QED) is 0.633. The molecule has 0 amide bonds. The molecule has 6 nitrogen and oxygen atoms in total. The molecule has 29 heavy (non-hydrogen) atoms. The molecule has 150 valence electrons. The van der Waals surface area contributed by atoms with Crippen LogP contribution in [0.3, 0.4) is 0 Å². The second kappa shape index (κ2) is 8.07. The van der Waals surface area contributed by atoms with Crippen molar-refractivity contribution in [1.82, 2.24) is 9.97 Å². The Kier molecular flexibility index (Phi) is 5.34. The number of piperidine rings is 1. The first kappa shape index (κ1) is 19.2. The predicted molar refractivity (Wildman–Crippen MR) is 116 cm³/mol. The zero-order valence-corrected chi connectivity index (χ0v) is 17.1. The van der Waals surface area contributed by atoms with Gasteiger partial charge in [-0.2, -0.15) is 0 Å². The molecular weight excluding hydrogens is 364 g/mol. The zero-order chi connectivity index (χ0) is 20.4. The molecule has 6 heteroatoms. The van der Waals surface area contributed by atoms with Gasteiger partial charge in [-0.15, -0.1) is 0 Å². The molecule has 1 saturated heterocycles. The van der Waals surface area contributed by atoms with Gasteiger partial charge >= 0.3 is 5.97 Å². The fraction of sp³-hybridized carbons (Fsp3) is 0.348. The highest BCUT2D eigenvalue weighted by molar-refractivity contribution is 6.02. The van der Waals surface area contributed by atoms with E-state index in [1.54, 1.807) is 6.33 Å². The van der Waals surface area contributed by atoms with Crippen LogP contribution in [0.5, 0.6) is 0 Å². The average Bonchev–Trinajstić information content (AvgIpc) is 2.77. The van der Waals surface area contributed by atoms with Crippen LogP contribution in [0.25, 0.3) is 22.0 Å². The van der Waals surface area contributed by atoms with Crippen molar-refractivity contribution in [3.63, 3.8) is 0 Å². The fourth-order valence-corrected chi connectivity index (χ4v) is 4.05. The highest BCUT2D eigenvalue weighted by Gasteiger charge is 2.28. The van der Waals surface area contributed by atoms with Crippen molar-refractivity contribution >= 4 is 28.4 Å². The van der Waals surface area contributed by atoms with Crippen molar-refractivity contribution in [3.8, 4) is 11.1 Å². The lowest BCUT2D eigenvalue weighted by atomic mass is 9.96. The summed E-state index contributed by atoms with van der Waals surface area (Å²) in [5.41, 5.74) is 4.27. The molecule has 2 aromatic carbocycles. The number of aromatic nitrogens is 2. The second-order valence-corrected chi connectivity index (χ2v) is 7.65. The number of carbonyl (C=O) groups is 1. The maximum Gasteiger partial charge on any atom is 0.310 e. The van der Waals surface area contributed by atoms with Gasteiger partial charge in [-0.1, -0.05) is 24.3 Å². The van der Waals surface area contributed by atoms with Crippen LogP contribution in [0.1, 0.15) is 12.8 Å². The summed E-state index contributed by atoms with van der Waals surface area (Å²) >= 11 is 0. The summed E-state index contributed by atoms with van der Waals surface area (Å²) < 4.78 is 4.99. The number of methoxy groups -OCH3 is 1. The molecule has 1 aromatic heterocycles. The normalized spacial score (nSPS) is 16.7. The molecular formula is C23H26N4O2. The number of rotatable bonds is 4. The minimum Gasteiger partial charge on any atom is -0.469 e. The van der Waals surface area contributed by atoms with Crippen molar-refractivity contribution in [2.75, 3.05) is 44.1 Å². The molecule has 0 saturated carbocycles. The van der Waals surface area contributed by atoms with Crippen LogP contribution in [0.4, 0.5) is 11.5 Å². The van der Waals surface area contributed by atoms with Gasteiger partial charge in [0.25, 0.3) is 0 Å². The van der Waals surface area contributed by atoms with Gasteiger partial charge in [0.15, 0.2) is 0 Å². The molecule has 1 aliphatic heterocycles. The third-order valence-electron chi connectivity index (χ3n) is 5.57. The van der Waals surface area contributed by atoms with E-state index in [9.17, 15) is 4.79 Å². The van der Waals surface area contributed by atoms with Crippen molar-refractivity contribution in [1.29, 1.82) is 0 Å². The Hall–Kier alpha value is -3.15. The van der Waals surface area contributed by atoms with E-state index in [0.717, 1.165) is 52.9 Å². The average molecular weight is 390 g/mol. The molecule has 1 atom stereocenters. The summed E-state index contributed by atoms with van der Waals surface area (Å²) in [5.74, 6) is 0.615. The number of ether oxygens (including phenoxy) is 1. The van der Waals surface area contributed by atoms with Crippen LogP contribution in [0, 0.1) is 5.92 Å². The van der Waals surface area contributed by atoms with Gasteiger partial charge in [0.1, 0.15) is 12.1 Å². The van der Waals surface area contributed by atoms with E-state index in [2.05, 4.69) is 50.1 Å². The van der Waals surface area contributed by atoms with Gasteiger partial charge in [-0.25, -0.2) is 9.97 Å². The van der Waals surface area contributed by atoms with Crippen molar-refractivity contribution in [3.05, 3.63) is 48.8 Å². The smallest absolute Gasteiger partial charge is 0.310 e. The minimum atomic E-state index is -0.146. The Morgan fingerprint density at radius 3 is 2.79 bits per heavy atom. The van der Waals surface area contributed by atoms with E-state index >= 15 is 0 Å². The first-order valence-electron chi connectivity index (χ1n) is 9.92. The molecule has 0 N–H and O–H groups in total. The Balaban J connectivity index is 1.82. The Labute approximate surface area is 171 Å². The number of fused-ring (bicyclic) bond motifs is 1. The summed E-state index contributed by atoms with van der Waals surface area (Å²) in [7, 11) is 5.53. The van der Waals surface area contributed by atoms with Crippen molar-refractivity contribution in [2.45, 2.75) is 12.8 Å². The molecule has 0 aliphatic carbocycles. The molecule has 1 fully saturated rings. The van der Waals surface area contributed by atoms with Gasteiger partial charge in [0.2, 0.25) is 0 Å². The van der Waals surface area contributed by atoms with Crippen LogP contribution >= 0.6 is 0 Å². The highest BCUT2D eigenvalue weighted by Crippen LogP contribution is 2.36. The first-order chi connectivity index (χ1) is 14.1. The van der Waals surface area contributed by atoms with E-state index in [-0.39, 0.29) is 11.9 Å². The summed E-state index contributed by atoms with van der Waals surface area (Å²) in [4.78, 5) is 25.6. The lowest BCUT2D eigenvalue weighted by molar-refractivity contribution is -0.145. The number of benzene rings is 2. The van der Waals surface area contributed by atoms with Crippen LogP contribution in [0.15, 0.2) is 48.8 Å². The fourth-order valence-electron chi connectivity index (χ4n) is 4.05. The van der Waals surface area contributed by atoms with Gasteiger partial charge in [-0.3, -0.25) is 4.79 Å². The summed E-state index contributed by atoms with van der Waals surface area (Å²) in [6.07, 6.45) is 3.40. The van der Waals surface area contributed by atoms with Gasteiger partial charge in [0, 0.05) is 32.9 Å². The van der Waals surface area contributed by atoms with Gasteiger partial charge in [0.05, 0.1) is 23.9 Å². The monoisotopic (exact) mass is 390 g/mol. The zero-order valence-electron chi connectivity index (χ0n) is 17.1. The molecule has 1 aliphatic rings. The van der Waals surface area contributed by atoms with E-state index in [1.165, 1.54) is 7.11 Å². The molecule has 0 spiro atoms. The lowest BCUT2D eigenvalue weighted by Gasteiger charge is -2.33. The Morgan fingerprint density at radius 2 is 2.00 bits per heavy atom. The van der Waals surface area contributed by atoms with Crippen LogP contribution < -0.4 is 9.80 Å². The summed E-state index contributed by atoms with van der Waals surface area (Å²) in [6.45, 7) is 1.48. The third kappa shape index (κ3) is 3.75. The topological polar surface area (TPSA) is 58.6 Å². The number of anilines is 2. The molecule has 3 aromatic rings. The number of hydrogen-bond donors (Lipinski definition) is 0. The second-order valence-electron chi connectivity index (χ2n) is 7.65. The maximum atomic E-state index is 12.1. The summed E-state index contributed by atoms with van der Waals surface area (Å²) in [5, 5.41) is 1.02. The standard InChI is InChI=1S/C23H26N4O2/c1-26(2)18-9-4-7-16(13-18)19-10-5-11-20-21(19)22(25-15-24-20)27-12-6-8-17(14-27)23(28)29-3/h4-5,7,9-11,13,15,17H,6,8,12,14H2,1-3H3. The van der Waals surface area contributed by atoms with Gasteiger partial charge < -0.3 is 14.5 Å². The van der Waals surface area contributed by atoms with Crippen LogP contribution in [0.2, 0.25) is 0 Å². The van der Waals surface area contributed by atoms with E-state index in [1.807, 2.05) is 26.2 Å². The molecule has 2 heterocycles. The predicted octanol–water partition coefficient (Wildman–Crippen LogP) is 3.75. The van der Waals surface area contributed by atoms with Crippen LogP contribution in [-0.2, 0) is 9.53 Å².